The predicted octanol–water partition coefficient (Wildman–Crippen LogP) is 2.83. The van der Waals surface area contributed by atoms with Crippen LogP contribution in [0.4, 0.5) is 0 Å². The number of hydrogen-bond acceptors (Lipinski definition) is 4. The molecule has 4 nitrogen and oxygen atoms in total. The van der Waals surface area contributed by atoms with Gasteiger partial charge in [-0.3, -0.25) is 0 Å². The van der Waals surface area contributed by atoms with Crippen LogP contribution in [-0.4, -0.2) is 23.2 Å². The molecule has 102 valence electrons. The Kier molecular flexibility index (Phi) is 4.32. The Hall–Kier alpha value is -1.68. The third-order valence-electron chi connectivity index (χ3n) is 3.35. The number of likely N-dealkylation sites (N-methyl/N-ethyl adjacent to an activating group) is 1. The molecular formula is C15H21N3O. The fraction of sp³-hybridized carbons (Fsp3) is 0.467. The van der Waals surface area contributed by atoms with E-state index in [1.165, 1.54) is 5.56 Å². The standard InChI is InChI=1S/C15H21N3O/c1-10(2)13(16-4)9-14-17-15(18-19-14)12-7-5-11(3)6-8-12/h5-8,10,13,16H,9H2,1-4H3. The minimum Gasteiger partial charge on any atom is -0.339 e. The number of rotatable bonds is 5. The maximum atomic E-state index is 5.33. The van der Waals surface area contributed by atoms with Crippen molar-refractivity contribution in [2.45, 2.75) is 33.2 Å². The van der Waals surface area contributed by atoms with Gasteiger partial charge in [0.15, 0.2) is 0 Å². The quantitative estimate of drug-likeness (QED) is 0.897. The minimum atomic E-state index is 0.353. The number of aromatic nitrogens is 2. The number of nitrogens with one attached hydrogen (secondary N) is 1. The third-order valence-corrected chi connectivity index (χ3v) is 3.35. The van der Waals surface area contributed by atoms with Gasteiger partial charge in [0, 0.05) is 18.0 Å². The van der Waals surface area contributed by atoms with Gasteiger partial charge in [0.05, 0.1) is 0 Å². The molecule has 1 unspecified atom stereocenters. The molecule has 0 aliphatic heterocycles. The Bertz CT molecular complexity index is 516. The summed E-state index contributed by atoms with van der Waals surface area (Å²) in [6.07, 6.45) is 0.757. The van der Waals surface area contributed by atoms with Crippen LogP contribution in [0.2, 0.25) is 0 Å². The summed E-state index contributed by atoms with van der Waals surface area (Å²) in [5, 5.41) is 7.33. The predicted molar refractivity (Wildman–Crippen MR) is 75.9 cm³/mol. The van der Waals surface area contributed by atoms with Crippen molar-refractivity contribution in [2.24, 2.45) is 5.92 Å². The highest BCUT2D eigenvalue weighted by atomic mass is 16.5. The van der Waals surface area contributed by atoms with Gasteiger partial charge in [0.25, 0.3) is 0 Å². The molecule has 0 radical (unpaired) electrons. The van der Waals surface area contributed by atoms with E-state index in [9.17, 15) is 0 Å². The van der Waals surface area contributed by atoms with Crippen molar-refractivity contribution in [3.63, 3.8) is 0 Å². The number of nitrogens with zero attached hydrogens (tertiary/aromatic N) is 2. The van der Waals surface area contributed by atoms with Crippen LogP contribution in [0.3, 0.4) is 0 Å². The molecule has 0 saturated heterocycles. The summed E-state index contributed by atoms with van der Waals surface area (Å²) in [6, 6.07) is 8.49. The van der Waals surface area contributed by atoms with E-state index in [4.69, 9.17) is 4.52 Å². The molecule has 2 aromatic rings. The van der Waals surface area contributed by atoms with E-state index in [0.29, 0.717) is 23.7 Å². The smallest absolute Gasteiger partial charge is 0.228 e. The van der Waals surface area contributed by atoms with Gasteiger partial charge in [-0.15, -0.1) is 0 Å². The minimum absolute atomic E-state index is 0.353. The molecule has 0 fully saturated rings. The molecule has 1 atom stereocenters. The van der Waals surface area contributed by atoms with Crippen LogP contribution in [0.5, 0.6) is 0 Å². The fourth-order valence-corrected chi connectivity index (χ4v) is 2.02. The van der Waals surface area contributed by atoms with Crippen molar-refractivity contribution in [3.8, 4) is 11.4 Å². The van der Waals surface area contributed by atoms with E-state index in [0.717, 1.165) is 12.0 Å². The zero-order chi connectivity index (χ0) is 13.8. The molecule has 2 rings (SSSR count). The Morgan fingerprint density at radius 3 is 2.47 bits per heavy atom. The lowest BCUT2D eigenvalue weighted by Crippen LogP contribution is -2.32. The highest BCUT2D eigenvalue weighted by Crippen LogP contribution is 2.17. The van der Waals surface area contributed by atoms with Crippen molar-refractivity contribution in [2.75, 3.05) is 7.05 Å². The van der Waals surface area contributed by atoms with E-state index in [2.05, 4.69) is 48.4 Å². The number of benzene rings is 1. The molecule has 4 heteroatoms. The van der Waals surface area contributed by atoms with Crippen LogP contribution >= 0.6 is 0 Å². The van der Waals surface area contributed by atoms with E-state index in [1.54, 1.807) is 0 Å². The molecule has 19 heavy (non-hydrogen) atoms. The first kappa shape index (κ1) is 13.7. The third kappa shape index (κ3) is 3.41. The molecule has 1 heterocycles. The average molecular weight is 259 g/mol. The summed E-state index contributed by atoms with van der Waals surface area (Å²) in [5.41, 5.74) is 2.22. The summed E-state index contributed by atoms with van der Waals surface area (Å²) in [6.45, 7) is 6.42. The van der Waals surface area contributed by atoms with Gasteiger partial charge >= 0.3 is 0 Å². The van der Waals surface area contributed by atoms with Crippen molar-refractivity contribution in [1.29, 1.82) is 0 Å². The van der Waals surface area contributed by atoms with E-state index >= 15 is 0 Å². The summed E-state index contributed by atoms with van der Waals surface area (Å²) in [4.78, 5) is 4.46. The first-order chi connectivity index (χ1) is 9.10. The normalized spacial score (nSPS) is 12.9. The number of hydrogen-bond donors (Lipinski definition) is 1. The largest absolute Gasteiger partial charge is 0.339 e. The molecule has 0 aliphatic rings. The van der Waals surface area contributed by atoms with Gasteiger partial charge in [0.2, 0.25) is 11.7 Å². The lowest BCUT2D eigenvalue weighted by atomic mass is 10.0. The molecule has 1 aromatic heterocycles. The highest BCUT2D eigenvalue weighted by Gasteiger charge is 2.16. The summed E-state index contributed by atoms with van der Waals surface area (Å²) < 4.78 is 5.33. The average Bonchev–Trinajstić information content (AvgIpc) is 2.85. The summed E-state index contributed by atoms with van der Waals surface area (Å²) in [5.74, 6) is 1.87. The van der Waals surface area contributed by atoms with E-state index in [-0.39, 0.29) is 0 Å². The van der Waals surface area contributed by atoms with Crippen molar-refractivity contribution < 1.29 is 4.52 Å². The zero-order valence-electron chi connectivity index (χ0n) is 12.0. The van der Waals surface area contributed by atoms with Gasteiger partial charge in [0.1, 0.15) is 0 Å². The molecule has 0 saturated carbocycles. The topological polar surface area (TPSA) is 51.0 Å². The molecule has 0 aliphatic carbocycles. The van der Waals surface area contributed by atoms with Crippen LogP contribution < -0.4 is 5.32 Å². The lowest BCUT2D eigenvalue weighted by Gasteiger charge is -2.17. The van der Waals surface area contributed by atoms with Gasteiger partial charge in [-0.25, -0.2) is 0 Å². The Morgan fingerprint density at radius 1 is 1.21 bits per heavy atom. The van der Waals surface area contributed by atoms with Gasteiger partial charge < -0.3 is 9.84 Å². The highest BCUT2D eigenvalue weighted by molar-refractivity contribution is 5.54. The SMILES string of the molecule is CNC(Cc1nc(-c2ccc(C)cc2)no1)C(C)C. The summed E-state index contributed by atoms with van der Waals surface area (Å²) in [7, 11) is 1.96. The van der Waals surface area contributed by atoms with Gasteiger partial charge in [-0.05, 0) is 19.9 Å². The Labute approximate surface area is 114 Å². The second kappa shape index (κ2) is 5.97. The van der Waals surface area contributed by atoms with Crippen LogP contribution in [0.15, 0.2) is 28.8 Å². The molecule has 0 bridgehead atoms. The van der Waals surface area contributed by atoms with Crippen molar-refractivity contribution in [1.82, 2.24) is 15.5 Å². The Morgan fingerprint density at radius 2 is 1.89 bits per heavy atom. The monoisotopic (exact) mass is 259 g/mol. The molecule has 0 spiro atoms. The Balaban J connectivity index is 2.12. The molecule has 1 N–H and O–H groups in total. The van der Waals surface area contributed by atoms with E-state index < -0.39 is 0 Å². The second-order valence-corrected chi connectivity index (χ2v) is 5.22. The maximum Gasteiger partial charge on any atom is 0.228 e. The van der Waals surface area contributed by atoms with E-state index in [1.807, 2.05) is 19.2 Å². The number of aryl methyl sites for hydroxylation is 1. The first-order valence-corrected chi connectivity index (χ1v) is 6.67. The van der Waals surface area contributed by atoms with Crippen molar-refractivity contribution in [3.05, 3.63) is 35.7 Å². The van der Waals surface area contributed by atoms with Crippen LogP contribution in [-0.2, 0) is 6.42 Å². The fourth-order valence-electron chi connectivity index (χ4n) is 2.02. The van der Waals surface area contributed by atoms with Crippen LogP contribution in [0, 0.1) is 12.8 Å². The maximum absolute atomic E-state index is 5.33. The molecule has 1 aromatic carbocycles. The molecule has 0 amide bonds. The van der Waals surface area contributed by atoms with Gasteiger partial charge in [-0.2, -0.15) is 4.98 Å². The zero-order valence-corrected chi connectivity index (χ0v) is 12.0. The first-order valence-electron chi connectivity index (χ1n) is 6.67. The van der Waals surface area contributed by atoms with Gasteiger partial charge in [-0.1, -0.05) is 48.8 Å². The van der Waals surface area contributed by atoms with Crippen molar-refractivity contribution >= 4 is 0 Å². The molecular weight excluding hydrogens is 238 g/mol. The summed E-state index contributed by atoms with van der Waals surface area (Å²) >= 11 is 0. The van der Waals surface area contributed by atoms with Crippen LogP contribution in [0.1, 0.15) is 25.3 Å². The second-order valence-electron chi connectivity index (χ2n) is 5.22. The van der Waals surface area contributed by atoms with Crippen LogP contribution in [0.25, 0.3) is 11.4 Å². The lowest BCUT2D eigenvalue weighted by molar-refractivity contribution is 0.335.